The Morgan fingerprint density at radius 3 is 2.81 bits per heavy atom. The molecule has 2 aromatic carbocycles. The predicted molar refractivity (Wildman–Crippen MR) is 78.9 cm³/mol. The molecule has 1 heterocycles. The van der Waals surface area contributed by atoms with Gasteiger partial charge in [-0.2, -0.15) is 0 Å². The number of ether oxygens (including phenoxy) is 1. The zero-order chi connectivity index (χ0) is 14.8. The normalized spacial score (nSPS) is 10.8. The summed E-state index contributed by atoms with van der Waals surface area (Å²) in [6.07, 6.45) is 0. The van der Waals surface area contributed by atoms with E-state index in [1.54, 1.807) is 12.1 Å². The lowest BCUT2D eigenvalue weighted by molar-refractivity contribution is 0.280. The first-order valence-electron chi connectivity index (χ1n) is 6.60. The summed E-state index contributed by atoms with van der Waals surface area (Å²) in [5, 5.41) is 10.1. The van der Waals surface area contributed by atoms with Gasteiger partial charge in [0.15, 0.2) is 5.75 Å². The van der Waals surface area contributed by atoms with Crippen LogP contribution in [0.5, 0.6) is 11.5 Å². The van der Waals surface area contributed by atoms with E-state index in [1.165, 1.54) is 12.1 Å². The first-order chi connectivity index (χ1) is 10.2. The van der Waals surface area contributed by atoms with Crippen LogP contribution in [0.3, 0.4) is 0 Å². The molecular weight excluding hydrogens is 269 g/mol. The monoisotopic (exact) mass is 283 g/mol. The summed E-state index contributed by atoms with van der Waals surface area (Å²) in [4.78, 5) is 4.47. The van der Waals surface area contributed by atoms with Gasteiger partial charge in [0.1, 0.15) is 17.1 Å². The van der Waals surface area contributed by atoms with E-state index in [-0.39, 0.29) is 6.61 Å². The maximum atomic E-state index is 13.5. The lowest BCUT2D eigenvalue weighted by atomic mass is 10.2. The van der Waals surface area contributed by atoms with Gasteiger partial charge in [-0.3, -0.25) is 0 Å². The number of para-hydroxylation sites is 1. The van der Waals surface area contributed by atoms with Crippen molar-refractivity contribution in [3.8, 4) is 11.5 Å². The van der Waals surface area contributed by atoms with E-state index in [2.05, 4.69) is 4.98 Å². The first kappa shape index (κ1) is 13.5. The highest BCUT2D eigenvalue weighted by Gasteiger charge is 2.07. The number of rotatable bonds is 3. The van der Waals surface area contributed by atoms with Crippen LogP contribution in [0.25, 0.3) is 10.9 Å². The summed E-state index contributed by atoms with van der Waals surface area (Å²) in [5.41, 5.74) is 2.08. The number of aromatic nitrogens is 1. The summed E-state index contributed by atoms with van der Waals surface area (Å²) in [7, 11) is 0. The molecule has 0 fully saturated rings. The molecule has 0 unspecified atom stereocenters. The smallest absolute Gasteiger partial charge is 0.153 e. The molecule has 3 nitrogen and oxygen atoms in total. The Hall–Kier alpha value is -2.46. The molecule has 0 aliphatic rings. The van der Waals surface area contributed by atoms with Gasteiger partial charge in [-0.1, -0.05) is 18.2 Å². The van der Waals surface area contributed by atoms with E-state index in [0.29, 0.717) is 17.1 Å². The fourth-order valence-electron chi connectivity index (χ4n) is 2.20. The molecule has 3 aromatic rings. The number of fused-ring (bicyclic) bond motifs is 1. The lowest BCUT2D eigenvalue weighted by Gasteiger charge is -2.10. The zero-order valence-electron chi connectivity index (χ0n) is 11.5. The van der Waals surface area contributed by atoms with Crippen molar-refractivity contribution >= 4 is 10.9 Å². The van der Waals surface area contributed by atoms with Crippen LogP contribution >= 0.6 is 0 Å². The molecule has 0 saturated heterocycles. The van der Waals surface area contributed by atoms with Crippen molar-refractivity contribution in [2.75, 3.05) is 0 Å². The number of nitrogens with zero attached hydrogens (tertiary/aromatic N) is 1. The van der Waals surface area contributed by atoms with Crippen LogP contribution in [-0.4, -0.2) is 10.1 Å². The fraction of sp³-hybridized carbons (Fsp3) is 0.118. The minimum Gasteiger partial charge on any atom is -0.455 e. The third kappa shape index (κ3) is 2.85. The van der Waals surface area contributed by atoms with Gasteiger partial charge >= 0.3 is 0 Å². The molecule has 106 valence electrons. The Labute approximate surface area is 121 Å². The van der Waals surface area contributed by atoms with Crippen molar-refractivity contribution in [2.45, 2.75) is 13.5 Å². The van der Waals surface area contributed by atoms with Crippen LogP contribution < -0.4 is 4.74 Å². The summed E-state index contributed by atoms with van der Waals surface area (Å²) in [5.74, 6) is 0.460. The van der Waals surface area contributed by atoms with Crippen LogP contribution in [0, 0.1) is 12.7 Å². The summed E-state index contributed by atoms with van der Waals surface area (Å²) in [6.45, 7) is 1.67. The summed E-state index contributed by atoms with van der Waals surface area (Å²) >= 11 is 0. The van der Waals surface area contributed by atoms with Crippen LogP contribution in [0.2, 0.25) is 0 Å². The summed E-state index contributed by atoms with van der Waals surface area (Å²) in [6, 6.07) is 13.7. The van der Waals surface area contributed by atoms with Crippen LogP contribution in [-0.2, 0) is 6.61 Å². The van der Waals surface area contributed by atoms with Gasteiger partial charge in [0.25, 0.3) is 0 Å². The van der Waals surface area contributed by atoms with E-state index in [4.69, 9.17) is 9.84 Å². The van der Waals surface area contributed by atoms with Gasteiger partial charge in [0.2, 0.25) is 0 Å². The van der Waals surface area contributed by atoms with E-state index in [1.807, 2.05) is 31.2 Å². The highest BCUT2D eigenvalue weighted by Crippen LogP contribution is 2.29. The molecule has 0 amide bonds. The number of hydrogen-bond acceptors (Lipinski definition) is 3. The Bertz CT molecular complexity index is 802. The molecule has 3 rings (SSSR count). The first-order valence-corrected chi connectivity index (χ1v) is 6.60. The number of hydrogen-bond donors (Lipinski definition) is 1. The van der Waals surface area contributed by atoms with E-state index in [9.17, 15) is 4.39 Å². The minimum atomic E-state index is -0.444. The van der Waals surface area contributed by atoms with E-state index < -0.39 is 5.82 Å². The minimum absolute atomic E-state index is 0.235. The van der Waals surface area contributed by atoms with E-state index in [0.717, 1.165) is 16.6 Å². The standard InChI is InChI=1S/C17H14FNO2/c1-11-5-6-13-3-2-4-16(17(13)19-11)21-15-8-12(10-20)7-14(18)9-15/h2-9,20H,10H2,1H3. The average molecular weight is 283 g/mol. The van der Waals surface area contributed by atoms with Gasteiger partial charge in [-0.25, -0.2) is 9.37 Å². The fourth-order valence-corrected chi connectivity index (χ4v) is 2.20. The number of aryl methyl sites for hydroxylation is 1. The Morgan fingerprint density at radius 2 is 2.00 bits per heavy atom. The van der Waals surface area contributed by atoms with Gasteiger partial charge in [-0.05, 0) is 36.8 Å². The molecule has 0 spiro atoms. The van der Waals surface area contributed by atoms with Crippen molar-refractivity contribution < 1.29 is 14.2 Å². The molecule has 1 N–H and O–H groups in total. The van der Waals surface area contributed by atoms with Crippen molar-refractivity contribution in [1.29, 1.82) is 0 Å². The number of halogens is 1. The SMILES string of the molecule is Cc1ccc2cccc(Oc3cc(F)cc(CO)c3)c2n1. The van der Waals surface area contributed by atoms with Crippen molar-refractivity contribution in [3.63, 3.8) is 0 Å². The Balaban J connectivity index is 2.05. The molecule has 0 bridgehead atoms. The van der Waals surface area contributed by atoms with Gasteiger partial charge in [0.05, 0.1) is 6.61 Å². The second-order valence-corrected chi connectivity index (χ2v) is 4.84. The maximum Gasteiger partial charge on any atom is 0.153 e. The molecule has 1 aromatic heterocycles. The van der Waals surface area contributed by atoms with Crippen molar-refractivity contribution in [1.82, 2.24) is 4.98 Å². The molecular formula is C17H14FNO2. The van der Waals surface area contributed by atoms with Crippen molar-refractivity contribution in [2.24, 2.45) is 0 Å². The topological polar surface area (TPSA) is 42.4 Å². The van der Waals surface area contributed by atoms with Crippen LogP contribution in [0.15, 0.2) is 48.5 Å². The summed E-state index contributed by atoms with van der Waals surface area (Å²) < 4.78 is 19.2. The molecule has 0 aliphatic heterocycles. The van der Waals surface area contributed by atoms with Crippen LogP contribution in [0.4, 0.5) is 4.39 Å². The third-order valence-electron chi connectivity index (χ3n) is 3.16. The molecule has 21 heavy (non-hydrogen) atoms. The zero-order valence-corrected chi connectivity index (χ0v) is 11.5. The number of benzene rings is 2. The van der Waals surface area contributed by atoms with Gasteiger partial charge < -0.3 is 9.84 Å². The Morgan fingerprint density at radius 1 is 1.14 bits per heavy atom. The molecule has 0 atom stereocenters. The second kappa shape index (κ2) is 5.50. The second-order valence-electron chi connectivity index (χ2n) is 4.84. The quantitative estimate of drug-likeness (QED) is 0.791. The molecule has 0 radical (unpaired) electrons. The third-order valence-corrected chi connectivity index (χ3v) is 3.16. The van der Waals surface area contributed by atoms with Gasteiger partial charge in [0, 0.05) is 17.1 Å². The molecule has 0 saturated carbocycles. The largest absolute Gasteiger partial charge is 0.455 e. The Kier molecular flexibility index (Phi) is 3.54. The number of aliphatic hydroxyl groups excluding tert-OH is 1. The number of aliphatic hydroxyl groups is 1. The number of pyridine rings is 1. The lowest BCUT2D eigenvalue weighted by Crippen LogP contribution is -1.92. The van der Waals surface area contributed by atoms with Crippen molar-refractivity contribution in [3.05, 3.63) is 65.6 Å². The average Bonchev–Trinajstić information content (AvgIpc) is 2.47. The molecule has 4 heteroatoms. The highest BCUT2D eigenvalue weighted by molar-refractivity contribution is 5.84. The van der Waals surface area contributed by atoms with Crippen LogP contribution in [0.1, 0.15) is 11.3 Å². The van der Waals surface area contributed by atoms with Gasteiger partial charge in [-0.15, -0.1) is 0 Å². The predicted octanol–water partition coefficient (Wildman–Crippen LogP) is 3.97. The molecule has 0 aliphatic carbocycles. The highest BCUT2D eigenvalue weighted by atomic mass is 19.1. The van der Waals surface area contributed by atoms with E-state index >= 15 is 0 Å². The maximum absolute atomic E-state index is 13.5.